The lowest BCUT2D eigenvalue weighted by Gasteiger charge is -2.30. The average Bonchev–Trinajstić information content (AvgIpc) is 2.71. The first-order valence-electron chi connectivity index (χ1n) is 6.92. The topological polar surface area (TPSA) is 29.0 Å². The Bertz CT molecular complexity index is 553. The third-order valence-electron chi connectivity index (χ3n) is 3.85. The van der Waals surface area contributed by atoms with Gasteiger partial charge in [-0.2, -0.15) is 0 Å². The smallest absolute Gasteiger partial charge is 0.140 e. The van der Waals surface area contributed by atoms with E-state index in [4.69, 9.17) is 11.6 Å². The van der Waals surface area contributed by atoms with Crippen LogP contribution in [0.15, 0.2) is 30.6 Å². The minimum atomic E-state index is 0.391. The Hall–Kier alpha value is -1.35. The molecule has 1 aromatic heterocycles. The fraction of sp³-hybridized carbons (Fsp3) is 0.467. The first-order valence-corrected chi connectivity index (χ1v) is 7.46. The predicted molar refractivity (Wildman–Crippen MR) is 79.9 cm³/mol. The normalized spacial score (nSPS) is 20.5. The number of aromatic nitrogens is 2. The van der Waals surface area contributed by atoms with Gasteiger partial charge in [-0.3, -0.25) is 0 Å². The van der Waals surface area contributed by atoms with Gasteiger partial charge in [0.1, 0.15) is 12.1 Å². The summed E-state index contributed by atoms with van der Waals surface area (Å²) in [6.45, 7) is 1.04. The van der Waals surface area contributed by atoms with E-state index in [2.05, 4.69) is 20.9 Å². The minimum Gasteiger partial charge on any atom is -0.352 e. The monoisotopic (exact) mass is 275 g/mol. The number of halogens is 1. The second-order valence-corrected chi connectivity index (χ2v) is 5.37. The van der Waals surface area contributed by atoms with Crippen LogP contribution in [0.3, 0.4) is 0 Å². The van der Waals surface area contributed by atoms with Crippen molar-refractivity contribution < 1.29 is 0 Å². The molecule has 3 nitrogen and oxygen atoms in total. The number of hydrogen-bond acceptors (Lipinski definition) is 3. The molecule has 2 heterocycles. The van der Waals surface area contributed by atoms with Crippen LogP contribution in [-0.4, -0.2) is 28.4 Å². The van der Waals surface area contributed by atoms with E-state index in [0.29, 0.717) is 11.9 Å². The highest BCUT2D eigenvalue weighted by molar-refractivity contribution is 6.18. The molecule has 100 valence electrons. The van der Waals surface area contributed by atoms with E-state index < -0.39 is 0 Å². The number of fused-ring (bicyclic) bond motifs is 1. The lowest BCUT2D eigenvalue weighted by molar-refractivity contribution is 0.617. The average molecular weight is 276 g/mol. The van der Waals surface area contributed by atoms with E-state index in [9.17, 15) is 0 Å². The van der Waals surface area contributed by atoms with Gasteiger partial charge in [0.15, 0.2) is 0 Å². The molecule has 1 aliphatic heterocycles. The fourth-order valence-electron chi connectivity index (χ4n) is 2.84. The minimum absolute atomic E-state index is 0.391. The van der Waals surface area contributed by atoms with Crippen LogP contribution in [0.2, 0.25) is 0 Å². The van der Waals surface area contributed by atoms with Crippen molar-refractivity contribution in [2.45, 2.75) is 31.7 Å². The van der Waals surface area contributed by atoms with E-state index in [1.54, 1.807) is 6.33 Å². The summed E-state index contributed by atoms with van der Waals surface area (Å²) in [5.41, 5.74) is 1.00. The van der Waals surface area contributed by atoms with Crippen molar-refractivity contribution in [3.8, 4) is 0 Å². The highest BCUT2D eigenvalue weighted by Gasteiger charge is 2.22. The van der Waals surface area contributed by atoms with Crippen molar-refractivity contribution >= 4 is 28.3 Å². The van der Waals surface area contributed by atoms with Crippen molar-refractivity contribution in [1.29, 1.82) is 0 Å². The zero-order valence-electron chi connectivity index (χ0n) is 10.9. The van der Waals surface area contributed by atoms with Crippen LogP contribution in [0.1, 0.15) is 25.7 Å². The zero-order valence-corrected chi connectivity index (χ0v) is 11.7. The molecule has 0 spiro atoms. The third-order valence-corrected chi connectivity index (χ3v) is 4.21. The molecule has 3 rings (SSSR count). The Morgan fingerprint density at radius 1 is 1.16 bits per heavy atom. The summed E-state index contributed by atoms with van der Waals surface area (Å²) >= 11 is 6.16. The number of rotatable bonds is 2. The molecule has 0 radical (unpaired) electrons. The van der Waals surface area contributed by atoms with Crippen molar-refractivity contribution in [2.24, 2.45) is 0 Å². The fourth-order valence-corrected chi connectivity index (χ4v) is 3.16. The van der Waals surface area contributed by atoms with Gasteiger partial charge >= 0.3 is 0 Å². The molecule has 0 bridgehead atoms. The Morgan fingerprint density at radius 2 is 2.05 bits per heavy atom. The van der Waals surface area contributed by atoms with Crippen LogP contribution in [0.4, 0.5) is 5.82 Å². The Morgan fingerprint density at radius 3 is 2.95 bits per heavy atom. The van der Waals surface area contributed by atoms with Gasteiger partial charge in [-0.15, -0.1) is 11.6 Å². The Labute approximate surface area is 118 Å². The van der Waals surface area contributed by atoms with Crippen molar-refractivity contribution in [1.82, 2.24) is 9.97 Å². The van der Waals surface area contributed by atoms with Gasteiger partial charge in [-0.05, 0) is 25.0 Å². The molecule has 0 N–H and O–H groups in total. The number of nitrogens with zero attached hydrogens (tertiary/aromatic N) is 3. The van der Waals surface area contributed by atoms with Crippen LogP contribution < -0.4 is 4.90 Å². The summed E-state index contributed by atoms with van der Waals surface area (Å²) in [5, 5.41) is 1.13. The summed E-state index contributed by atoms with van der Waals surface area (Å²) in [6.07, 6.45) is 6.57. The maximum absolute atomic E-state index is 6.16. The molecule has 1 unspecified atom stereocenters. The Kier molecular flexibility index (Phi) is 3.83. The SMILES string of the molecule is ClCC1CCCCCN1c1ncnc2ccccc12. The lowest BCUT2D eigenvalue weighted by atomic mass is 10.1. The predicted octanol–water partition coefficient (Wildman–Crippen LogP) is 3.62. The van der Waals surface area contributed by atoms with Crippen molar-refractivity contribution in [2.75, 3.05) is 17.3 Å². The van der Waals surface area contributed by atoms with Gasteiger partial charge in [-0.25, -0.2) is 9.97 Å². The standard InChI is InChI=1S/C15H18ClN3/c16-10-12-6-2-1-5-9-19(12)15-13-7-3-4-8-14(13)17-11-18-15/h3-4,7-8,11-12H,1-2,5-6,9-10H2. The van der Waals surface area contributed by atoms with E-state index >= 15 is 0 Å². The molecular formula is C15H18ClN3. The van der Waals surface area contributed by atoms with Gasteiger partial charge in [0.25, 0.3) is 0 Å². The lowest BCUT2D eigenvalue weighted by Crippen LogP contribution is -2.37. The zero-order chi connectivity index (χ0) is 13.1. The van der Waals surface area contributed by atoms with Crippen molar-refractivity contribution in [3.63, 3.8) is 0 Å². The number of para-hydroxylation sites is 1. The highest BCUT2D eigenvalue weighted by atomic mass is 35.5. The molecule has 1 aromatic carbocycles. The maximum Gasteiger partial charge on any atom is 0.140 e. The van der Waals surface area contributed by atoms with Crippen LogP contribution in [0.5, 0.6) is 0 Å². The molecule has 2 aromatic rings. The second kappa shape index (κ2) is 5.74. The number of alkyl halides is 1. The maximum atomic E-state index is 6.16. The summed E-state index contributed by atoms with van der Waals surface area (Å²) in [6, 6.07) is 8.58. The van der Waals surface area contributed by atoms with E-state index in [0.717, 1.165) is 29.7 Å². The van der Waals surface area contributed by atoms with Crippen LogP contribution >= 0.6 is 11.6 Å². The van der Waals surface area contributed by atoms with E-state index in [1.807, 2.05) is 18.2 Å². The van der Waals surface area contributed by atoms with Crippen molar-refractivity contribution in [3.05, 3.63) is 30.6 Å². The number of anilines is 1. The molecule has 1 fully saturated rings. The van der Waals surface area contributed by atoms with E-state index in [-0.39, 0.29) is 0 Å². The molecule has 4 heteroatoms. The van der Waals surface area contributed by atoms with Gasteiger partial charge < -0.3 is 4.90 Å². The summed E-state index contributed by atoms with van der Waals surface area (Å²) in [4.78, 5) is 11.2. The van der Waals surface area contributed by atoms with Gasteiger partial charge in [0.05, 0.1) is 5.52 Å². The molecule has 0 amide bonds. The van der Waals surface area contributed by atoms with Crippen LogP contribution in [0.25, 0.3) is 10.9 Å². The molecule has 19 heavy (non-hydrogen) atoms. The summed E-state index contributed by atoms with van der Waals surface area (Å²) < 4.78 is 0. The van der Waals surface area contributed by atoms with Crippen LogP contribution in [0, 0.1) is 0 Å². The largest absolute Gasteiger partial charge is 0.352 e. The summed E-state index contributed by atoms with van der Waals surface area (Å²) in [7, 11) is 0. The molecule has 1 aliphatic rings. The molecular weight excluding hydrogens is 258 g/mol. The quantitative estimate of drug-likeness (QED) is 0.784. The van der Waals surface area contributed by atoms with Gasteiger partial charge in [0, 0.05) is 23.9 Å². The van der Waals surface area contributed by atoms with Crippen LogP contribution in [-0.2, 0) is 0 Å². The molecule has 1 atom stereocenters. The number of benzene rings is 1. The first-order chi connectivity index (χ1) is 9.40. The summed E-state index contributed by atoms with van der Waals surface area (Å²) in [5.74, 6) is 1.70. The molecule has 1 saturated heterocycles. The molecule has 0 aliphatic carbocycles. The first kappa shape index (κ1) is 12.7. The van der Waals surface area contributed by atoms with Gasteiger partial charge in [-0.1, -0.05) is 25.0 Å². The Balaban J connectivity index is 2.06. The second-order valence-electron chi connectivity index (χ2n) is 5.07. The third kappa shape index (κ3) is 2.52. The molecule has 0 saturated carbocycles. The number of hydrogen-bond donors (Lipinski definition) is 0. The van der Waals surface area contributed by atoms with Gasteiger partial charge in [0.2, 0.25) is 0 Å². The highest BCUT2D eigenvalue weighted by Crippen LogP contribution is 2.28. The van der Waals surface area contributed by atoms with E-state index in [1.165, 1.54) is 19.3 Å².